The highest BCUT2D eigenvalue weighted by Gasteiger charge is 2.47. The standard InChI is InChI=1S/C24H27NO5.C13H15NO2.C11H14O4.CH2Cl2/c1-16(2)29-20-9-8-18(14-21(20)28-3)23(27)25-12-10-24(11-13-25)22(26)15-17-6-4-5-7-19(17)30-24;15-12-9-10-3-1-2-4-11(10)16-13(12)5-7-14-8-6-13;1-7(2)15-9-5-4-8(11(12)13)6-10(9)14-3;2-1-3/h4-9,14,16H,10-13,15H2,1-3H3;1-4,14H,5-9H2;4-7H,1-3H3,(H,12,13);1H2. The Kier molecular flexibility index (Phi) is 17.7. The molecule has 0 atom stereocenters. The number of halogens is 2. The van der Waals surface area contributed by atoms with Crippen LogP contribution in [0.4, 0.5) is 0 Å². The van der Waals surface area contributed by atoms with E-state index >= 15 is 0 Å². The molecule has 4 aromatic rings. The number of hydrogen-bond donors (Lipinski definition) is 2. The second kappa shape index (κ2) is 22.9. The number of para-hydroxylation sites is 2. The van der Waals surface area contributed by atoms with Gasteiger partial charge < -0.3 is 43.7 Å². The minimum atomic E-state index is -0.982. The van der Waals surface area contributed by atoms with E-state index in [9.17, 15) is 19.2 Å². The number of carbonyl (C=O) groups is 4. The molecule has 2 spiro atoms. The predicted octanol–water partition coefficient (Wildman–Crippen LogP) is 8.58. The Labute approximate surface area is 385 Å². The van der Waals surface area contributed by atoms with Gasteiger partial charge in [0.2, 0.25) is 0 Å². The number of hydrogen-bond acceptors (Lipinski definition) is 11. The number of carboxylic acid groups (broad SMARTS) is 1. The number of amides is 1. The average molecular weight is 922 g/mol. The third-order valence-corrected chi connectivity index (χ3v) is 11.1. The summed E-state index contributed by atoms with van der Waals surface area (Å²) in [5.74, 6) is 3.09. The van der Waals surface area contributed by atoms with Crippen molar-refractivity contribution in [2.45, 2.75) is 89.6 Å². The van der Waals surface area contributed by atoms with E-state index in [-0.39, 0.29) is 40.6 Å². The van der Waals surface area contributed by atoms with Crippen LogP contribution in [0.2, 0.25) is 0 Å². The van der Waals surface area contributed by atoms with Crippen LogP contribution in [0.25, 0.3) is 0 Å². The highest BCUT2D eigenvalue weighted by Crippen LogP contribution is 2.39. The van der Waals surface area contributed by atoms with Crippen molar-refractivity contribution in [1.29, 1.82) is 0 Å². The Morgan fingerprint density at radius 1 is 0.672 bits per heavy atom. The summed E-state index contributed by atoms with van der Waals surface area (Å²) in [7, 11) is 3.04. The highest BCUT2D eigenvalue weighted by atomic mass is 35.5. The van der Waals surface area contributed by atoms with Crippen LogP contribution >= 0.6 is 23.2 Å². The molecule has 0 unspecified atom stereocenters. The lowest BCUT2D eigenvalue weighted by atomic mass is 9.82. The average Bonchev–Trinajstić information content (AvgIpc) is 3.28. The molecule has 4 heterocycles. The molecule has 2 saturated heterocycles. The van der Waals surface area contributed by atoms with E-state index in [2.05, 4.69) is 5.32 Å². The van der Waals surface area contributed by atoms with E-state index in [0.29, 0.717) is 67.3 Å². The first-order valence-corrected chi connectivity index (χ1v) is 22.4. The van der Waals surface area contributed by atoms with Gasteiger partial charge in [0.05, 0.1) is 37.3 Å². The highest BCUT2D eigenvalue weighted by molar-refractivity contribution is 6.40. The van der Waals surface area contributed by atoms with E-state index in [4.69, 9.17) is 56.7 Å². The van der Waals surface area contributed by atoms with Gasteiger partial charge >= 0.3 is 5.97 Å². The predicted molar refractivity (Wildman–Crippen MR) is 245 cm³/mol. The second-order valence-electron chi connectivity index (χ2n) is 16.1. The molecule has 15 heteroatoms. The van der Waals surface area contributed by atoms with Crippen molar-refractivity contribution in [3.63, 3.8) is 0 Å². The minimum Gasteiger partial charge on any atom is -0.493 e. The van der Waals surface area contributed by atoms with Gasteiger partial charge in [0.25, 0.3) is 5.91 Å². The number of carbonyl (C=O) groups excluding carboxylic acids is 3. The molecule has 0 aromatic heterocycles. The Balaban J connectivity index is 0.000000191. The van der Waals surface area contributed by atoms with Gasteiger partial charge in [-0.3, -0.25) is 14.4 Å². The van der Waals surface area contributed by atoms with Crippen molar-refractivity contribution in [2.75, 3.05) is 45.7 Å². The van der Waals surface area contributed by atoms with Gasteiger partial charge in [-0.25, -0.2) is 4.79 Å². The number of carboxylic acids is 1. The summed E-state index contributed by atoms with van der Waals surface area (Å²) < 4.78 is 33.8. The van der Waals surface area contributed by atoms with Crippen molar-refractivity contribution in [1.82, 2.24) is 10.2 Å². The van der Waals surface area contributed by atoms with Gasteiger partial charge in [0.1, 0.15) is 11.5 Å². The van der Waals surface area contributed by atoms with E-state index in [1.54, 1.807) is 36.3 Å². The SMILES string of the molecule is COc1cc(C(=O)N2CCC3(CC2)Oc2ccccc2CC3=O)ccc1OC(C)C.COc1cc(C(=O)O)ccc1OC(C)C.ClCCl.O=C1Cc2ccccc2OC12CCNCC2. The van der Waals surface area contributed by atoms with Crippen LogP contribution in [0.5, 0.6) is 34.5 Å². The van der Waals surface area contributed by atoms with Crippen LogP contribution in [-0.2, 0) is 22.4 Å². The molecule has 0 aliphatic carbocycles. The number of likely N-dealkylation sites (tertiary alicyclic amines) is 1. The van der Waals surface area contributed by atoms with Crippen LogP contribution < -0.4 is 33.7 Å². The number of methoxy groups -OCH3 is 2. The smallest absolute Gasteiger partial charge is 0.335 e. The van der Waals surface area contributed by atoms with Crippen LogP contribution in [0, 0.1) is 0 Å². The molecular weight excluding hydrogens is 863 g/mol. The second-order valence-corrected chi connectivity index (χ2v) is 16.9. The maximum absolute atomic E-state index is 13.1. The lowest BCUT2D eigenvalue weighted by Gasteiger charge is -2.43. The van der Waals surface area contributed by atoms with Crippen LogP contribution in [-0.4, -0.2) is 103 Å². The van der Waals surface area contributed by atoms with Gasteiger partial charge in [0, 0.05) is 68.3 Å². The molecule has 64 heavy (non-hydrogen) atoms. The number of piperidine rings is 2. The summed E-state index contributed by atoms with van der Waals surface area (Å²) in [6.07, 6.45) is 3.52. The topological polar surface area (TPSA) is 159 Å². The fourth-order valence-electron chi connectivity index (χ4n) is 7.85. The lowest BCUT2D eigenvalue weighted by Crippen LogP contribution is -2.56. The van der Waals surface area contributed by atoms with Crippen molar-refractivity contribution in [3.05, 3.63) is 107 Å². The Morgan fingerprint density at radius 2 is 1.09 bits per heavy atom. The van der Waals surface area contributed by atoms with Gasteiger partial charge in [-0.1, -0.05) is 36.4 Å². The summed E-state index contributed by atoms with van der Waals surface area (Å²) >= 11 is 9.53. The maximum Gasteiger partial charge on any atom is 0.335 e. The molecule has 1 amide bonds. The fraction of sp³-hybridized carbons (Fsp3) is 0.429. The molecule has 2 fully saturated rings. The van der Waals surface area contributed by atoms with E-state index in [1.165, 1.54) is 19.2 Å². The van der Waals surface area contributed by atoms with E-state index in [0.717, 1.165) is 48.6 Å². The third kappa shape index (κ3) is 12.4. The number of ether oxygens (including phenoxy) is 6. The van der Waals surface area contributed by atoms with E-state index < -0.39 is 17.2 Å². The first kappa shape index (κ1) is 49.5. The zero-order chi connectivity index (χ0) is 46.4. The monoisotopic (exact) mass is 920 g/mol. The number of rotatable bonds is 8. The zero-order valence-electron chi connectivity index (χ0n) is 37.2. The number of alkyl halides is 2. The molecule has 344 valence electrons. The lowest BCUT2D eigenvalue weighted by molar-refractivity contribution is -0.139. The number of benzene rings is 4. The number of aromatic carboxylic acids is 1. The first-order chi connectivity index (χ1) is 30.7. The molecule has 0 saturated carbocycles. The quantitative estimate of drug-likeness (QED) is 0.163. The van der Waals surface area contributed by atoms with E-state index in [1.807, 2.05) is 76.2 Å². The van der Waals surface area contributed by atoms with Crippen molar-refractivity contribution < 1.29 is 52.7 Å². The molecule has 0 bridgehead atoms. The Morgan fingerprint density at radius 3 is 1.53 bits per heavy atom. The molecular formula is C49H58Cl2N2O11. The zero-order valence-corrected chi connectivity index (χ0v) is 38.8. The summed E-state index contributed by atoms with van der Waals surface area (Å²) in [4.78, 5) is 50.6. The van der Waals surface area contributed by atoms with Crippen LogP contribution in [0.15, 0.2) is 84.9 Å². The van der Waals surface area contributed by atoms with Crippen LogP contribution in [0.3, 0.4) is 0 Å². The molecule has 4 aromatic carbocycles. The molecule has 13 nitrogen and oxygen atoms in total. The largest absolute Gasteiger partial charge is 0.493 e. The maximum atomic E-state index is 13.1. The van der Waals surface area contributed by atoms with Crippen molar-refractivity contribution in [2.24, 2.45) is 0 Å². The molecule has 8 rings (SSSR count). The summed E-state index contributed by atoms with van der Waals surface area (Å²) in [5.41, 5.74) is 1.32. The molecule has 0 radical (unpaired) electrons. The molecule has 4 aliphatic rings. The fourth-order valence-corrected chi connectivity index (χ4v) is 7.85. The number of nitrogens with one attached hydrogen (secondary N) is 1. The molecule has 4 aliphatic heterocycles. The summed E-state index contributed by atoms with van der Waals surface area (Å²) in [5, 5.41) is 12.2. The number of nitrogens with zero attached hydrogens (tertiary/aromatic N) is 1. The van der Waals surface area contributed by atoms with Crippen molar-refractivity contribution in [3.8, 4) is 34.5 Å². The Hall–Kier alpha value is -5.50. The van der Waals surface area contributed by atoms with Gasteiger partial charge in [0.15, 0.2) is 45.8 Å². The first-order valence-electron chi connectivity index (χ1n) is 21.3. The minimum absolute atomic E-state index is 0.0110. The number of ketones is 2. The Bertz CT molecular complexity index is 2230. The number of Topliss-reactive ketones (excluding diaryl/α,β-unsaturated/α-hetero) is 2. The van der Waals surface area contributed by atoms with Gasteiger partial charge in [-0.05, 0) is 89.3 Å². The van der Waals surface area contributed by atoms with Crippen LogP contribution in [0.1, 0.15) is 85.2 Å². The summed E-state index contributed by atoms with van der Waals surface area (Å²) in [6, 6.07) is 25.3. The molecule has 2 N–H and O–H groups in total. The van der Waals surface area contributed by atoms with Gasteiger partial charge in [-0.15, -0.1) is 23.2 Å². The number of fused-ring (bicyclic) bond motifs is 2. The van der Waals surface area contributed by atoms with Crippen molar-refractivity contribution >= 4 is 46.6 Å². The third-order valence-electron chi connectivity index (χ3n) is 11.1. The summed E-state index contributed by atoms with van der Waals surface area (Å²) in [6.45, 7) is 10.3. The normalized spacial score (nSPS) is 16.5. The van der Waals surface area contributed by atoms with Gasteiger partial charge in [-0.2, -0.15) is 0 Å².